The van der Waals surface area contributed by atoms with Crippen LogP contribution in [-0.4, -0.2) is 43.6 Å². The van der Waals surface area contributed by atoms with Crippen LogP contribution in [0.3, 0.4) is 0 Å². The number of benzene rings is 1. The number of halogens is 1. The summed E-state index contributed by atoms with van der Waals surface area (Å²) >= 11 is 6.26. The molecule has 0 aliphatic rings. The van der Waals surface area contributed by atoms with Crippen LogP contribution in [0.5, 0.6) is 5.88 Å². The van der Waals surface area contributed by atoms with Crippen molar-refractivity contribution in [2.24, 2.45) is 0 Å². The average Bonchev–Trinajstić information content (AvgIpc) is 3.40. The Hall–Kier alpha value is -3.46. The molecule has 0 aliphatic heterocycles. The number of ether oxygens (including phenoxy) is 2. The monoisotopic (exact) mass is 455 g/mol. The molecule has 10 heteroatoms. The van der Waals surface area contributed by atoms with Gasteiger partial charge >= 0.3 is 5.97 Å². The zero-order valence-corrected chi connectivity index (χ0v) is 18.7. The van der Waals surface area contributed by atoms with E-state index < -0.39 is 0 Å². The fraction of sp³-hybridized carbons (Fsp3) is 0.318. The molecular weight excluding hydrogens is 434 g/mol. The van der Waals surface area contributed by atoms with Gasteiger partial charge in [-0.3, -0.25) is 9.48 Å². The van der Waals surface area contributed by atoms with Crippen molar-refractivity contribution in [1.29, 1.82) is 0 Å². The molecule has 32 heavy (non-hydrogen) atoms. The third kappa shape index (κ3) is 4.72. The van der Waals surface area contributed by atoms with Gasteiger partial charge in [-0.05, 0) is 45.0 Å². The predicted molar refractivity (Wildman–Crippen MR) is 118 cm³/mol. The van der Waals surface area contributed by atoms with E-state index in [1.807, 2.05) is 32.0 Å². The van der Waals surface area contributed by atoms with E-state index in [0.29, 0.717) is 41.3 Å². The van der Waals surface area contributed by atoms with Gasteiger partial charge in [0.05, 0.1) is 43.0 Å². The molecule has 4 aromatic rings. The van der Waals surface area contributed by atoms with E-state index >= 15 is 0 Å². The van der Waals surface area contributed by atoms with Crippen molar-refractivity contribution in [1.82, 2.24) is 24.9 Å². The highest BCUT2D eigenvalue weighted by atomic mass is 35.5. The van der Waals surface area contributed by atoms with Crippen molar-refractivity contribution in [2.45, 2.75) is 39.8 Å². The Labute approximate surface area is 189 Å². The van der Waals surface area contributed by atoms with Gasteiger partial charge in [0, 0.05) is 17.1 Å². The van der Waals surface area contributed by atoms with E-state index in [1.165, 1.54) is 0 Å². The Morgan fingerprint density at radius 3 is 2.81 bits per heavy atom. The molecule has 0 saturated heterocycles. The molecule has 0 fully saturated rings. The molecule has 3 heterocycles. The van der Waals surface area contributed by atoms with Gasteiger partial charge in [-0.1, -0.05) is 16.8 Å². The quantitative estimate of drug-likeness (QED) is 0.356. The van der Waals surface area contributed by atoms with E-state index in [2.05, 4.69) is 20.2 Å². The van der Waals surface area contributed by atoms with Crippen molar-refractivity contribution in [2.75, 3.05) is 6.61 Å². The molecule has 0 spiro atoms. The standard InChI is InChI=1S/C22H22ClN5O4/c1-4-30-19(29)7-8-28-18-6-5-14(9-15(18)12-25-28)20-26-21(32-27-20)16-10-17(23)22(24-11-16)31-13(2)3/h5-6,9-13H,4,7-8H2,1-3H3. The molecule has 0 atom stereocenters. The molecule has 166 valence electrons. The minimum atomic E-state index is -0.245. The average molecular weight is 456 g/mol. The van der Waals surface area contributed by atoms with Gasteiger partial charge in [-0.25, -0.2) is 4.98 Å². The molecule has 4 rings (SSSR count). The number of carbonyl (C=O) groups is 1. The Kier molecular flexibility index (Phi) is 6.36. The molecule has 0 aliphatic carbocycles. The van der Waals surface area contributed by atoms with Crippen molar-refractivity contribution in [3.63, 3.8) is 0 Å². The van der Waals surface area contributed by atoms with Crippen molar-refractivity contribution >= 4 is 28.5 Å². The zero-order chi connectivity index (χ0) is 22.7. The summed E-state index contributed by atoms with van der Waals surface area (Å²) in [7, 11) is 0. The van der Waals surface area contributed by atoms with Crippen LogP contribution in [0.1, 0.15) is 27.2 Å². The second kappa shape index (κ2) is 9.35. The largest absolute Gasteiger partial charge is 0.474 e. The van der Waals surface area contributed by atoms with Crippen LogP contribution in [-0.2, 0) is 16.1 Å². The number of fused-ring (bicyclic) bond motifs is 1. The maximum absolute atomic E-state index is 11.6. The van der Waals surface area contributed by atoms with E-state index in [-0.39, 0.29) is 18.5 Å². The highest BCUT2D eigenvalue weighted by Crippen LogP contribution is 2.29. The molecule has 0 amide bonds. The summed E-state index contributed by atoms with van der Waals surface area (Å²) in [5.74, 6) is 0.844. The minimum absolute atomic E-state index is 0.0368. The van der Waals surface area contributed by atoms with Crippen LogP contribution >= 0.6 is 11.6 Å². The lowest BCUT2D eigenvalue weighted by Crippen LogP contribution is -2.09. The summed E-state index contributed by atoms with van der Waals surface area (Å²) in [5, 5.41) is 9.71. The van der Waals surface area contributed by atoms with E-state index in [0.717, 1.165) is 16.5 Å². The first kappa shape index (κ1) is 21.8. The van der Waals surface area contributed by atoms with Gasteiger partial charge < -0.3 is 14.0 Å². The van der Waals surface area contributed by atoms with Crippen LogP contribution in [0.4, 0.5) is 0 Å². The van der Waals surface area contributed by atoms with Crippen molar-refractivity contribution in [3.05, 3.63) is 41.7 Å². The molecule has 9 nitrogen and oxygen atoms in total. The maximum atomic E-state index is 11.6. The fourth-order valence-corrected chi connectivity index (χ4v) is 3.36. The zero-order valence-electron chi connectivity index (χ0n) is 17.9. The normalized spacial score (nSPS) is 11.3. The first-order chi connectivity index (χ1) is 15.4. The summed E-state index contributed by atoms with van der Waals surface area (Å²) in [6.07, 6.45) is 3.54. The molecule has 0 bridgehead atoms. The highest BCUT2D eigenvalue weighted by molar-refractivity contribution is 6.32. The number of nitrogens with zero attached hydrogens (tertiary/aromatic N) is 5. The summed E-state index contributed by atoms with van der Waals surface area (Å²) in [4.78, 5) is 20.3. The fourth-order valence-electron chi connectivity index (χ4n) is 3.14. The number of aryl methyl sites for hydroxylation is 1. The Morgan fingerprint density at radius 2 is 2.06 bits per heavy atom. The number of aromatic nitrogens is 5. The molecular formula is C22H22ClN5O4. The van der Waals surface area contributed by atoms with Gasteiger partial charge in [0.2, 0.25) is 11.7 Å². The van der Waals surface area contributed by atoms with E-state index in [9.17, 15) is 4.79 Å². The summed E-state index contributed by atoms with van der Waals surface area (Å²) in [5.41, 5.74) is 2.27. The SMILES string of the molecule is CCOC(=O)CCn1ncc2cc(-c3noc(-c4cnc(OC(C)C)c(Cl)c4)n3)ccc21. The minimum Gasteiger partial charge on any atom is -0.474 e. The number of rotatable bonds is 8. The summed E-state index contributed by atoms with van der Waals surface area (Å²) in [6.45, 7) is 6.40. The third-order valence-corrected chi connectivity index (χ3v) is 4.83. The molecule has 1 aromatic carbocycles. The lowest BCUT2D eigenvalue weighted by atomic mass is 10.1. The lowest BCUT2D eigenvalue weighted by Gasteiger charge is -2.09. The number of esters is 1. The van der Waals surface area contributed by atoms with Gasteiger partial charge in [0.1, 0.15) is 5.02 Å². The molecule has 0 unspecified atom stereocenters. The second-order valence-electron chi connectivity index (χ2n) is 7.30. The number of hydrogen-bond donors (Lipinski definition) is 0. The Balaban J connectivity index is 1.53. The predicted octanol–water partition coefficient (Wildman–Crippen LogP) is 4.54. The summed E-state index contributed by atoms with van der Waals surface area (Å²) in [6, 6.07) is 7.39. The van der Waals surface area contributed by atoms with Crippen LogP contribution < -0.4 is 4.74 Å². The van der Waals surface area contributed by atoms with Crippen LogP contribution in [0.25, 0.3) is 33.7 Å². The molecule has 3 aromatic heterocycles. The van der Waals surface area contributed by atoms with E-state index in [1.54, 1.807) is 30.1 Å². The van der Waals surface area contributed by atoms with Crippen molar-refractivity contribution in [3.8, 4) is 28.7 Å². The number of hydrogen-bond acceptors (Lipinski definition) is 8. The Morgan fingerprint density at radius 1 is 1.22 bits per heavy atom. The van der Waals surface area contributed by atoms with Crippen LogP contribution in [0.2, 0.25) is 5.02 Å². The van der Waals surface area contributed by atoms with Crippen LogP contribution in [0.15, 0.2) is 41.2 Å². The van der Waals surface area contributed by atoms with Crippen molar-refractivity contribution < 1.29 is 18.8 Å². The first-order valence-electron chi connectivity index (χ1n) is 10.2. The molecule has 0 saturated carbocycles. The maximum Gasteiger partial charge on any atom is 0.307 e. The third-order valence-electron chi connectivity index (χ3n) is 4.56. The van der Waals surface area contributed by atoms with Gasteiger partial charge in [0.15, 0.2) is 0 Å². The number of carbonyl (C=O) groups excluding carboxylic acids is 1. The molecule has 0 radical (unpaired) electrons. The topological polar surface area (TPSA) is 105 Å². The first-order valence-corrected chi connectivity index (χ1v) is 10.6. The van der Waals surface area contributed by atoms with Gasteiger partial charge in [-0.2, -0.15) is 10.1 Å². The second-order valence-corrected chi connectivity index (χ2v) is 7.70. The van der Waals surface area contributed by atoms with Crippen LogP contribution in [0, 0.1) is 0 Å². The lowest BCUT2D eigenvalue weighted by molar-refractivity contribution is -0.143. The highest BCUT2D eigenvalue weighted by Gasteiger charge is 2.15. The number of pyridine rings is 1. The molecule has 0 N–H and O–H groups in total. The van der Waals surface area contributed by atoms with E-state index in [4.69, 9.17) is 25.6 Å². The summed E-state index contributed by atoms with van der Waals surface area (Å²) < 4.78 is 17.7. The smallest absolute Gasteiger partial charge is 0.307 e. The van der Waals surface area contributed by atoms with Gasteiger partial charge in [-0.15, -0.1) is 0 Å². The Bertz CT molecular complexity index is 1250. The van der Waals surface area contributed by atoms with Gasteiger partial charge in [0.25, 0.3) is 5.89 Å².